The van der Waals surface area contributed by atoms with E-state index in [0.717, 1.165) is 36.1 Å². The number of halogens is 1. The predicted molar refractivity (Wildman–Crippen MR) is 137 cm³/mol. The highest BCUT2D eigenvalue weighted by Gasteiger charge is 2.09. The topological polar surface area (TPSA) is 97.4 Å². The van der Waals surface area contributed by atoms with Crippen molar-refractivity contribution in [1.82, 2.24) is 15.3 Å². The monoisotopic (exact) mass is 489 g/mol. The first-order valence-corrected chi connectivity index (χ1v) is 11.6. The molecule has 1 aromatic heterocycles. The highest BCUT2D eigenvalue weighted by atomic mass is 19.1. The molecule has 0 bridgehead atoms. The summed E-state index contributed by atoms with van der Waals surface area (Å²) in [7, 11) is 1.62. The van der Waals surface area contributed by atoms with Gasteiger partial charge in [0.2, 0.25) is 5.95 Å². The number of anilines is 4. The van der Waals surface area contributed by atoms with E-state index in [1.807, 2.05) is 36.4 Å². The average molecular weight is 490 g/mol. The van der Waals surface area contributed by atoms with Crippen LogP contribution in [-0.4, -0.2) is 42.6 Å². The Morgan fingerprint density at radius 2 is 1.83 bits per heavy atom. The van der Waals surface area contributed by atoms with Gasteiger partial charge in [-0.25, -0.2) is 9.37 Å². The van der Waals surface area contributed by atoms with Gasteiger partial charge in [-0.3, -0.25) is 4.79 Å². The number of allylic oxidation sites excluding steroid dienone is 2. The average Bonchev–Trinajstić information content (AvgIpc) is 3.41. The lowest BCUT2D eigenvalue weighted by molar-refractivity contribution is -0.114. The third-order valence-corrected chi connectivity index (χ3v) is 5.29. The van der Waals surface area contributed by atoms with Gasteiger partial charge >= 0.3 is 0 Å². The maximum absolute atomic E-state index is 14.4. The quantitative estimate of drug-likeness (QED) is 0.249. The first-order valence-electron chi connectivity index (χ1n) is 11.6. The first kappa shape index (κ1) is 24.9. The van der Waals surface area contributed by atoms with Crippen LogP contribution in [0, 0.1) is 5.82 Å². The highest BCUT2D eigenvalue weighted by molar-refractivity contribution is 5.91. The first-order chi connectivity index (χ1) is 17.6. The molecule has 2 aromatic carbocycles. The fraction of sp³-hybridized carbons (Fsp3) is 0.222. The zero-order valence-corrected chi connectivity index (χ0v) is 20.0. The largest absolute Gasteiger partial charge is 0.491 e. The van der Waals surface area contributed by atoms with Gasteiger partial charge in [-0.05, 0) is 60.5 Å². The summed E-state index contributed by atoms with van der Waals surface area (Å²) in [5.41, 5.74) is 3.22. The predicted octanol–water partition coefficient (Wildman–Crippen LogP) is 4.67. The van der Waals surface area contributed by atoms with Crippen molar-refractivity contribution in [2.24, 2.45) is 0 Å². The number of ether oxygens (including phenoxy) is 2. The highest BCUT2D eigenvalue weighted by Crippen LogP contribution is 2.22. The molecule has 0 unspecified atom stereocenters. The van der Waals surface area contributed by atoms with E-state index in [1.165, 1.54) is 0 Å². The van der Waals surface area contributed by atoms with Crippen LogP contribution in [0.25, 0.3) is 0 Å². The molecule has 1 aliphatic rings. The Morgan fingerprint density at radius 1 is 1.08 bits per heavy atom. The van der Waals surface area contributed by atoms with E-state index in [4.69, 9.17) is 9.47 Å². The van der Waals surface area contributed by atoms with Crippen molar-refractivity contribution in [2.45, 2.75) is 12.8 Å². The van der Waals surface area contributed by atoms with Crippen molar-refractivity contribution in [3.05, 3.63) is 90.0 Å². The molecule has 0 aliphatic carbocycles. The summed E-state index contributed by atoms with van der Waals surface area (Å²) in [6.45, 7) is 1.88. The zero-order valence-electron chi connectivity index (χ0n) is 20.0. The number of nitrogens with one attached hydrogen (secondary N) is 3. The third-order valence-electron chi connectivity index (χ3n) is 5.29. The molecule has 0 radical (unpaired) electrons. The summed E-state index contributed by atoms with van der Waals surface area (Å²) in [4.78, 5) is 20.5. The Balaban J connectivity index is 1.33. The molecule has 36 heavy (non-hydrogen) atoms. The third kappa shape index (κ3) is 7.38. The molecular weight excluding hydrogens is 461 g/mol. The molecule has 0 spiro atoms. The number of hydrogen-bond donors (Lipinski definition) is 3. The molecule has 0 fully saturated rings. The molecule has 2 heterocycles. The molecule has 0 amide bonds. The minimum atomic E-state index is -0.582. The Labute approximate surface area is 209 Å². The lowest BCUT2D eigenvalue weighted by atomic mass is 10.1. The second kappa shape index (κ2) is 12.5. The molecule has 0 saturated heterocycles. The standard InChI is InChI=1S/C27H28FN5O3/c1-35-15-16-36-24-12-9-22(10-13-24)32-27-30-18-25(28)26(33-27)31-21-6-4-19(5-7-21)17-23(34)11-8-20-3-2-14-29-20/h3-13,18,29H,2,14-17H2,1H3,(H2,30,31,32,33)/b11-8+. The molecule has 8 nitrogen and oxygen atoms in total. The van der Waals surface area contributed by atoms with E-state index in [-0.39, 0.29) is 24.0 Å². The van der Waals surface area contributed by atoms with Crippen molar-refractivity contribution in [3.63, 3.8) is 0 Å². The number of ketones is 1. The van der Waals surface area contributed by atoms with Crippen molar-refractivity contribution in [2.75, 3.05) is 37.5 Å². The molecule has 3 aromatic rings. The van der Waals surface area contributed by atoms with Gasteiger partial charge in [0.1, 0.15) is 12.4 Å². The molecule has 1 aliphatic heterocycles. The van der Waals surface area contributed by atoms with Gasteiger partial charge in [-0.2, -0.15) is 4.98 Å². The van der Waals surface area contributed by atoms with Gasteiger partial charge in [-0.1, -0.05) is 18.2 Å². The number of methoxy groups -OCH3 is 1. The maximum Gasteiger partial charge on any atom is 0.229 e. The van der Waals surface area contributed by atoms with E-state index in [2.05, 4.69) is 32.0 Å². The fourth-order valence-electron chi connectivity index (χ4n) is 3.45. The fourth-order valence-corrected chi connectivity index (χ4v) is 3.45. The van der Waals surface area contributed by atoms with Crippen LogP contribution in [0.1, 0.15) is 12.0 Å². The smallest absolute Gasteiger partial charge is 0.229 e. The zero-order chi connectivity index (χ0) is 25.2. The Kier molecular flexibility index (Phi) is 8.61. The summed E-state index contributed by atoms with van der Waals surface area (Å²) in [5.74, 6) is 0.424. The summed E-state index contributed by atoms with van der Waals surface area (Å²) in [6, 6.07) is 14.5. The van der Waals surface area contributed by atoms with E-state index in [1.54, 1.807) is 31.4 Å². The number of carbonyl (C=O) groups excluding carboxylic acids is 1. The van der Waals surface area contributed by atoms with Crippen LogP contribution in [0.15, 0.2) is 78.7 Å². The van der Waals surface area contributed by atoms with Crippen LogP contribution < -0.4 is 20.7 Å². The second-order valence-corrected chi connectivity index (χ2v) is 8.05. The van der Waals surface area contributed by atoms with Crippen LogP contribution in [0.2, 0.25) is 0 Å². The Bertz CT molecular complexity index is 1230. The van der Waals surface area contributed by atoms with Gasteiger partial charge in [0.05, 0.1) is 12.8 Å². The van der Waals surface area contributed by atoms with Gasteiger partial charge in [0, 0.05) is 37.1 Å². The van der Waals surface area contributed by atoms with Gasteiger partial charge in [0.15, 0.2) is 17.4 Å². The lowest BCUT2D eigenvalue weighted by Gasteiger charge is -2.11. The summed E-state index contributed by atoms with van der Waals surface area (Å²) < 4.78 is 24.9. The summed E-state index contributed by atoms with van der Waals surface area (Å²) >= 11 is 0. The van der Waals surface area contributed by atoms with Crippen molar-refractivity contribution >= 4 is 28.9 Å². The molecule has 9 heteroatoms. The van der Waals surface area contributed by atoms with Crippen molar-refractivity contribution in [1.29, 1.82) is 0 Å². The number of nitrogens with zero attached hydrogens (tertiary/aromatic N) is 2. The normalized spacial score (nSPS) is 12.8. The number of aromatic nitrogens is 2. The molecule has 0 atom stereocenters. The molecule has 186 valence electrons. The number of benzene rings is 2. The molecular formula is C27H28FN5O3. The SMILES string of the molecule is COCCOc1ccc(Nc2ncc(F)c(Nc3ccc(CC(=O)/C=C/C4=CCCN4)cc3)n2)cc1. The van der Waals surface area contributed by atoms with E-state index >= 15 is 0 Å². The Morgan fingerprint density at radius 3 is 2.56 bits per heavy atom. The number of rotatable bonds is 12. The summed E-state index contributed by atoms with van der Waals surface area (Å²) in [6.07, 6.45) is 7.83. The summed E-state index contributed by atoms with van der Waals surface area (Å²) in [5, 5.41) is 9.22. The molecule has 0 saturated carbocycles. The van der Waals surface area contributed by atoms with E-state index < -0.39 is 5.82 Å². The van der Waals surface area contributed by atoms with Crippen LogP contribution in [0.3, 0.4) is 0 Å². The second-order valence-electron chi connectivity index (χ2n) is 8.05. The Hall–Kier alpha value is -4.24. The van der Waals surface area contributed by atoms with Crippen molar-refractivity contribution < 1.29 is 18.7 Å². The van der Waals surface area contributed by atoms with E-state index in [0.29, 0.717) is 24.7 Å². The number of carbonyl (C=O) groups is 1. The lowest BCUT2D eigenvalue weighted by Crippen LogP contribution is -2.06. The van der Waals surface area contributed by atoms with E-state index in [9.17, 15) is 9.18 Å². The molecule has 4 rings (SSSR count). The van der Waals surface area contributed by atoms with Crippen LogP contribution in [0.5, 0.6) is 5.75 Å². The van der Waals surface area contributed by atoms with Crippen molar-refractivity contribution in [3.8, 4) is 5.75 Å². The number of hydrogen-bond acceptors (Lipinski definition) is 8. The minimum absolute atomic E-state index is 0.0115. The van der Waals surface area contributed by atoms with Gasteiger partial charge < -0.3 is 25.4 Å². The van der Waals surface area contributed by atoms with Crippen LogP contribution in [-0.2, 0) is 16.0 Å². The van der Waals surface area contributed by atoms with Gasteiger partial charge in [-0.15, -0.1) is 0 Å². The molecule has 3 N–H and O–H groups in total. The van der Waals surface area contributed by atoms with Gasteiger partial charge in [0.25, 0.3) is 0 Å². The van der Waals surface area contributed by atoms with Crippen LogP contribution >= 0.6 is 0 Å². The van der Waals surface area contributed by atoms with Crippen LogP contribution in [0.4, 0.5) is 27.5 Å². The maximum atomic E-state index is 14.4. The minimum Gasteiger partial charge on any atom is -0.491 e.